The van der Waals surface area contributed by atoms with Gasteiger partial charge in [0.25, 0.3) is 0 Å². The minimum absolute atomic E-state index is 0. The first kappa shape index (κ1) is 23.9. The summed E-state index contributed by atoms with van der Waals surface area (Å²) in [5, 5.41) is 0. The number of benzene rings is 1. The number of halogens is 1. The van der Waals surface area contributed by atoms with E-state index in [2.05, 4.69) is 51.7 Å². The van der Waals surface area contributed by atoms with Crippen LogP contribution in [-0.2, 0) is 9.53 Å². The third-order valence-corrected chi connectivity index (χ3v) is 4.64. The molecule has 0 spiro atoms. The second kappa shape index (κ2) is 13.2. The van der Waals surface area contributed by atoms with E-state index in [1.807, 2.05) is 12.1 Å². The Morgan fingerprint density at radius 2 is 1.76 bits per heavy atom. The molecule has 0 aliphatic carbocycles. The molecule has 4 heteroatoms. The lowest BCUT2D eigenvalue weighted by atomic mass is 9.89. The summed E-state index contributed by atoms with van der Waals surface area (Å²) in [5.74, 6) is 0.388. The minimum atomic E-state index is -0.137. The first-order chi connectivity index (χ1) is 11.5. The van der Waals surface area contributed by atoms with Crippen molar-refractivity contribution in [3.63, 3.8) is 0 Å². The largest absolute Gasteiger partial charge is 0.465 e. The molecule has 0 heterocycles. The zero-order chi connectivity index (χ0) is 17.9. The Labute approximate surface area is 160 Å². The quantitative estimate of drug-likeness (QED) is 0.396. The number of hydrogen-bond acceptors (Lipinski definition) is 3. The number of rotatable bonds is 11. The van der Waals surface area contributed by atoms with Gasteiger partial charge in [0.2, 0.25) is 0 Å². The highest BCUT2D eigenvalue weighted by molar-refractivity contribution is 5.85. The highest BCUT2D eigenvalue weighted by Crippen LogP contribution is 2.27. The van der Waals surface area contributed by atoms with Crippen LogP contribution >= 0.6 is 12.4 Å². The molecule has 0 N–H and O–H groups in total. The van der Waals surface area contributed by atoms with Crippen molar-refractivity contribution in [2.45, 2.75) is 59.8 Å². The van der Waals surface area contributed by atoms with Gasteiger partial charge in [-0.25, -0.2) is 0 Å². The number of hydrogen-bond donors (Lipinski definition) is 0. The van der Waals surface area contributed by atoms with Gasteiger partial charge in [-0.3, -0.25) is 4.79 Å². The van der Waals surface area contributed by atoms with E-state index in [0.717, 1.165) is 44.5 Å². The molecule has 0 aromatic heterocycles. The molecule has 1 rings (SSSR count). The molecule has 1 atom stereocenters. The standard InChI is InChI=1S/C21H35NO2.ClH/c1-6-22(7-2)15-10-16-24-21(23)20(14-13-17(3)4)19-12-9-8-11-18(19)5;/h8-9,11-12,17,20H,6-7,10,13-16H2,1-5H3;1H. The van der Waals surface area contributed by atoms with Crippen molar-refractivity contribution in [2.75, 3.05) is 26.2 Å². The van der Waals surface area contributed by atoms with Gasteiger partial charge in [0.05, 0.1) is 12.5 Å². The summed E-state index contributed by atoms with van der Waals surface area (Å²) in [4.78, 5) is 15.0. The average molecular weight is 370 g/mol. The van der Waals surface area contributed by atoms with Crippen LogP contribution in [0.2, 0.25) is 0 Å². The molecule has 0 amide bonds. The van der Waals surface area contributed by atoms with Gasteiger partial charge in [0, 0.05) is 6.54 Å². The SMILES string of the molecule is CCN(CC)CCCOC(=O)C(CCC(C)C)c1ccccc1C.Cl. The molecular formula is C21H36ClNO2. The molecule has 1 aromatic carbocycles. The van der Waals surface area contributed by atoms with Crippen molar-refractivity contribution < 1.29 is 9.53 Å². The molecule has 1 aromatic rings. The molecule has 0 saturated carbocycles. The van der Waals surface area contributed by atoms with E-state index in [-0.39, 0.29) is 24.3 Å². The van der Waals surface area contributed by atoms with Gasteiger partial charge < -0.3 is 9.64 Å². The van der Waals surface area contributed by atoms with E-state index in [0.29, 0.717) is 12.5 Å². The maximum absolute atomic E-state index is 12.7. The van der Waals surface area contributed by atoms with Gasteiger partial charge in [-0.2, -0.15) is 0 Å². The Balaban J connectivity index is 0.00000576. The molecule has 0 aliphatic rings. The van der Waals surface area contributed by atoms with E-state index in [1.165, 1.54) is 5.56 Å². The highest BCUT2D eigenvalue weighted by atomic mass is 35.5. The zero-order valence-corrected chi connectivity index (χ0v) is 17.4. The van der Waals surface area contributed by atoms with Crippen LogP contribution in [0.15, 0.2) is 24.3 Å². The fourth-order valence-electron chi connectivity index (χ4n) is 2.98. The predicted octanol–water partition coefficient (Wildman–Crippen LogP) is 5.21. The number of carbonyl (C=O) groups excluding carboxylic acids is 1. The van der Waals surface area contributed by atoms with Crippen molar-refractivity contribution >= 4 is 18.4 Å². The van der Waals surface area contributed by atoms with Crippen LogP contribution in [0.4, 0.5) is 0 Å². The molecule has 3 nitrogen and oxygen atoms in total. The molecule has 25 heavy (non-hydrogen) atoms. The minimum Gasteiger partial charge on any atom is -0.465 e. The monoisotopic (exact) mass is 369 g/mol. The van der Waals surface area contributed by atoms with E-state index in [1.54, 1.807) is 0 Å². The summed E-state index contributed by atoms with van der Waals surface area (Å²) in [6.07, 6.45) is 2.79. The molecule has 144 valence electrons. The Bertz CT molecular complexity index is 487. The van der Waals surface area contributed by atoms with E-state index in [9.17, 15) is 4.79 Å². The van der Waals surface area contributed by atoms with Crippen molar-refractivity contribution in [3.8, 4) is 0 Å². The smallest absolute Gasteiger partial charge is 0.313 e. The zero-order valence-electron chi connectivity index (χ0n) is 16.6. The fraction of sp³-hybridized carbons (Fsp3) is 0.667. The van der Waals surface area contributed by atoms with Gasteiger partial charge in [-0.1, -0.05) is 52.0 Å². The molecule has 1 unspecified atom stereocenters. The van der Waals surface area contributed by atoms with Crippen LogP contribution in [0.25, 0.3) is 0 Å². The van der Waals surface area contributed by atoms with Gasteiger partial charge in [0.1, 0.15) is 0 Å². The van der Waals surface area contributed by atoms with Gasteiger partial charge >= 0.3 is 5.97 Å². The summed E-state index contributed by atoms with van der Waals surface area (Å²) in [6.45, 7) is 14.4. The topological polar surface area (TPSA) is 29.5 Å². The average Bonchev–Trinajstić information content (AvgIpc) is 2.56. The summed E-state index contributed by atoms with van der Waals surface area (Å²) in [5.41, 5.74) is 2.29. The number of ether oxygens (including phenoxy) is 1. The van der Waals surface area contributed by atoms with Crippen molar-refractivity contribution in [2.24, 2.45) is 5.92 Å². The summed E-state index contributed by atoms with van der Waals surface area (Å²) < 4.78 is 5.62. The third-order valence-electron chi connectivity index (χ3n) is 4.64. The Kier molecular flexibility index (Phi) is 12.6. The van der Waals surface area contributed by atoms with Crippen LogP contribution in [0.1, 0.15) is 64.0 Å². The fourth-order valence-corrected chi connectivity index (χ4v) is 2.98. The normalized spacial score (nSPS) is 12.1. The maximum atomic E-state index is 12.7. The number of esters is 1. The van der Waals surface area contributed by atoms with E-state index < -0.39 is 0 Å². The van der Waals surface area contributed by atoms with Gasteiger partial charge in [-0.05, 0) is 56.3 Å². The van der Waals surface area contributed by atoms with Crippen molar-refractivity contribution in [1.29, 1.82) is 0 Å². The van der Waals surface area contributed by atoms with Crippen LogP contribution in [-0.4, -0.2) is 37.1 Å². The first-order valence-corrected chi connectivity index (χ1v) is 9.44. The van der Waals surface area contributed by atoms with Crippen LogP contribution in [0.3, 0.4) is 0 Å². The Morgan fingerprint density at radius 3 is 2.32 bits per heavy atom. The van der Waals surface area contributed by atoms with Crippen molar-refractivity contribution in [3.05, 3.63) is 35.4 Å². The molecule has 0 radical (unpaired) electrons. The lowest BCUT2D eigenvalue weighted by Crippen LogP contribution is -2.26. The van der Waals surface area contributed by atoms with E-state index in [4.69, 9.17) is 4.74 Å². The molecule has 0 aliphatic heterocycles. The summed E-state index contributed by atoms with van der Waals surface area (Å²) in [7, 11) is 0. The van der Waals surface area contributed by atoms with Crippen LogP contribution < -0.4 is 0 Å². The molecule has 0 saturated heterocycles. The van der Waals surface area contributed by atoms with Crippen LogP contribution in [0.5, 0.6) is 0 Å². The van der Waals surface area contributed by atoms with E-state index >= 15 is 0 Å². The number of nitrogens with zero attached hydrogens (tertiary/aromatic N) is 1. The molecule has 0 fully saturated rings. The van der Waals surface area contributed by atoms with Gasteiger partial charge in [0.15, 0.2) is 0 Å². The highest BCUT2D eigenvalue weighted by Gasteiger charge is 2.23. The summed E-state index contributed by atoms with van der Waals surface area (Å²) in [6, 6.07) is 8.18. The molecule has 0 bridgehead atoms. The molecular weight excluding hydrogens is 334 g/mol. The summed E-state index contributed by atoms with van der Waals surface area (Å²) >= 11 is 0. The number of aryl methyl sites for hydroxylation is 1. The van der Waals surface area contributed by atoms with Crippen LogP contribution in [0, 0.1) is 12.8 Å². The van der Waals surface area contributed by atoms with Crippen molar-refractivity contribution in [1.82, 2.24) is 4.90 Å². The lowest BCUT2D eigenvalue weighted by molar-refractivity contribution is -0.146. The Morgan fingerprint density at radius 1 is 1.12 bits per heavy atom. The second-order valence-electron chi connectivity index (χ2n) is 6.93. The second-order valence-corrected chi connectivity index (χ2v) is 6.93. The first-order valence-electron chi connectivity index (χ1n) is 9.44. The predicted molar refractivity (Wildman–Crippen MR) is 109 cm³/mol. The lowest BCUT2D eigenvalue weighted by Gasteiger charge is -2.20. The maximum Gasteiger partial charge on any atom is 0.313 e. The Hall–Kier alpha value is -1.06. The number of carbonyl (C=O) groups is 1. The van der Waals surface area contributed by atoms with Gasteiger partial charge in [-0.15, -0.1) is 12.4 Å². The third kappa shape index (κ3) is 8.73.